The highest BCUT2D eigenvalue weighted by molar-refractivity contribution is 5.76. The number of ether oxygens (including phenoxy) is 4. The third kappa shape index (κ3) is 53.3. The molecular weight excluding hydrogens is 1280 g/mol. The van der Waals surface area contributed by atoms with Gasteiger partial charge in [-0.25, -0.2) is 0 Å². The Balaban J connectivity index is 1.58. The molecule has 0 aromatic rings. The minimum Gasteiger partial charge on any atom is -0.394 e. The number of amides is 1. The highest BCUT2D eigenvalue weighted by atomic mass is 16.7. The number of hydrogen-bond acceptors (Lipinski definition) is 13. The molecule has 12 unspecified atom stereocenters. The van der Waals surface area contributed by atoms with Crippen molar-refractivity contribution in [3.63, 3.8) is 0 Å². The van der Waals surface area contributed by atoms with E-state index in [1.54, 1.807) is 6.08 Å². The van der Waals surface area contributed by atoms with Gasteiger partial charge in [0.25, 0.3) is 0 Å². The van der Waals surface area contributed by atoms with Crippen LogP contribution in [0.1, 0.15) is 386 Å². The van der Waals surface area contributed by atoms with E-state index >= 15 is 0 Å². The second-order valence-electron chi connectivity index (χ2n) is 30.3. The monoisotopic (exact) mass is 1440 g/mol. The van der Waals surface area contributed by atoms with E-state index in [0.717, 1.165) is 57.8 Å². The summed E-state index contributed by atoms with van der Waals surface area (Å²) >= 11 is 0. The van der Waals surface area contributed by atoms with Crippen molar-refractivity contribution in [1.29, 1.82) is 0 Å². The SMILES string of the molecule is CCCCCCC/C=C\C/C=C\C/C=C\CCCCCCCCCCCCCCCCCCCCCCCCCCCCC(=O)NC(COC1OC(CO)C(OC2OC(CO)C(O)C(O)C2O)C(O)C1O)C(O)/C=C/CC/C=C/CC/C=C/CCCCCCCCCCCCCCCCCCC. The van der Waals surface area contributed by atoms with Crippen molar-refractivity contribution < 1.29 is 64.6 Å². The molecule has 2 aliphatic heterocycles. The van der Waals surface area contributed by atoms with Crippen LogP contribution >= 0.6 is 0 Å². The molecule has 2 rings (SSSR count). The van der Waals surface area contributed by atoms with Gasteiger partial charge in [0, 0.05) is 6.42 Å². The molecule has 596 valence electrons. The molecule has 0 aliphatic carbocycles. The van der Waals surface area contributed by atoms with E-state index in [1.807, 2.05) is 6.08 Å². The molecule has 0 spiro atoms. The van der Waals surface area contributed by atoms with Crippen LogP contribution in [0, 0.1) is 0 Å². The number of allylic oxidation sites excluding steroid dienone is 11. The summed E-state index contributed by atoms with van der Waals surface area (Å²) in [6.07, 6.45) is 83.0. The number of carbonyl (C=O) groups is 1. The minimum absolute atomic E-state index is 0.247. The molecule has 0 saturated carbocycles. The Morgan fingerprint density at radius 1 is 0.353 bits per heavy atom. The molecule has 2 fully saturated rings. The summed E-state index contributed by atoms with van der Waals surface area (Å²) in [6, 6.07) is -0.941. The van der Waals surface area contributed by atoms with Gasteiger partial charge in [-0.15, -0.1) is 0 Å². The Morgan fingerprint density at radius 3 is 1.03 bits per heavy atom. The van der Waals surface area contributed by atoms with Gasteiger partial charge in [-0.2, -0.15) is 0 Å². The first-order valence-corrected chi connectivity index (χ1v) is 43.2. The van der Waals surface area contributed by atoms with Crippen molar-refractivity contribution in [2.75, 3.05) is 19.8 Å². The summed E-state index contributed by atoms with van der Waals surface area (Å²) in [4.78, 5) is 13.4. The van der Waals surface area contributed by atoms with Crippen molar-refractivity contribution in [2.24, 2.45) is 0 Å². The van der Waals surface area contributed by atoms with Gasteiger partial charge in [-0.05, 0) is 83.5 Å². The quantitative estimate of drug-likeness (QED) is 0.0204. The maximum atomic E-state index is 13.4. The smallest absolute Gasteiger partial charge is 0.220 e. The van der Waals surface area contributed by atoms with Gasteiger partial charge in [0.1, 0.15) is 48.8 Å². The number of unbranched alkanes of at least 4 members (excludes halogenated alkanes) is 50. The van der Waals surface area contributed by atoms with Gasteiger partial charge < -0.3 is 65.1 Å². The van der Waals surface area contributed by atoms with Crippen molar-refractivity contribution in [1.82, 2.24) is 5.32 Å². The van der Waals surface area contributed by atoms with E-state index in [0.29, 0.717) is 12.8 Å². The van der Waals surface area contributed by atoms with E-state index in [-0.39, 0.29) is 18.9 Å². The lowest BCUT2D eigenvalue weighted by Crippen LogP contribution is -2.65. The molecule has 102 heavy (non-hydrogen) atoms. The van der Waals surface area contributed by atoms with Crippen molar-refractivity contribution in [2.45, 2.75) is 460 Å². The molecule has 0 radical (unpaired) electrons. The average molecular weight is 1440 g/mol. The van der Waals surface area contributed by atoms with E-state index < -0.39 is 86.8 Å². The highest BCUT2D eigenvalue weighted by Gasteiger charge is 2.51. The van der Waals surface area contributed by atoms with Crippen LogP contribution in [0.3, 0.4) is 0 Å². The van der Waals surface area contributed by atoms with Crippen molar-refractivity contribution >= 4 is 5.91 Å². The van der Waals surface area contributed by atoms with E-state index in [2.05, 4.69) is 79.9 Å². The number of aliphatic hydroxyl groups is 8. The van der Waals surface area contributed by atoms with Crippen LogP contribution in [0.2, 0.25) is 0 Å². The van der Waals surface area contributed by atoms with Crippen LogP contribution in [0.15, 0.2) is 72.9 Å². The zero-order valence-corrected chi connectivity index (χ0v) is 65.6. The maximum Gasteiger partial charge on any atom is 0.220 e. The van der Waals surface area contributed by atoms with Crippen LogP contribution in [-0.2, 0) is 23.7 Å². The molecule has 12 atom stereocenters. The van der Waals surface area contributed by atoms with Gasteiger partial charge >= 0.3 is 0 Å². The van der Waals surface area contributed by atoms with Crippen LogP contribution in [0.25, 0.3) is 0 Å². The van der Waals surface area contributed by atoms with Crippen molar-refractivity contribution in [3.05, 3.63) is 72.9 Å². The standard InChI is InChI=1S/C88H161NO13/c1-3-5-7-9-11-13-15-17-19-21-23-25-27-29-31-32-33-34-35-36-37-38-39-40-41-42-43-44-46-48-50-52-54-56-58-60-62-64-66-68-70-72-80(93)89-76(75-99-87-85(98)83(96)86(79(74-91)101-87)102-88-84(97)82(95)81(94)78(73-90)100-88)77(92)71-69-67-65-63-61-59-57-55-53-51-49-47-45-30-28-26-24-22-20-18-16-14-12-10-8-6-4-2/h15,17,21,23,27,29,53,55,61,63,69,71,76-79,81-88,90-92,94-98H,3-14,16,18-20,22,24-26,28,30-52,54,56-60,62,64-68,70,72-75H2,1-2H3,(H,89,93)/b17-15-,23-21-,29-27-,55-53+,63-61+,71-69+. The first-order valence-electron chi connectivity index (χ1n) is 43.2. The topological polar surface area (TPSA) is 228 Å². The lowest BCUT2D eigenvalue weighted by atomic mass is 9.97. The maximum absolute atomic E-state index is 13.4. The Bertz CT molecular complexity index is 1990. The molecule has 1 amide bonds. The zero-order valence-electron chi connectivity index (χ0n) is 65.6. The van der Waals surface area contributed by atoms with Gasteiger partial charge in [-0.1, -0.05) is 369 Å². The summed E-state index contributed by atoms with van der Waals surface area (Å²) in [5.74, 6) is -0.247. The third-order valence-electron chi connectivity index (χ3n) is 20.8. The molecule has 14 heteroatoms. The largest absolute Gasteiger partial charge is 0.394 e. The second kappa shape index (κ2) is 71.4. The van der Waals surface area contributed by atoms with Crippen molar-refractivity contribution in [3.8, 4) is 0 Å². The summed E-state index contributed by atoms with van der Waals surface area (Å²) in [6.45, 7) is 2.82. The minimum atomic E-state index is -1.80. The molecule has 14 nitrogen and oxygen atoms in total. The average Bonchev–Trinajstić information content (AvgIpc) is 0.790. The summed E-state index contributed by atoms with van der Waals surface area (Å²) in [5.41, 5.74) is 0. The first kappa shape index (κ1) is 95.5. The van der Waals surface area contributed by atoms with Crippen LogP contribution in [0.4, 0.5) is 0 Å². The molecule has 9 N–H and O–H groups in total. The molecule has 0 aromatic heterocycles. The van der Waals surface area contributed by atoms with E-state index in [4.69, 9.17) is 18.9 Å². The van der Waals surface area contributed by atoms with Crippen LogP contribution in [-0.4, -0.2) is 140 Å². The Labute approximate surface area is 625 Å². The molecule has 2 saturated heterocycles. The number of nitrogens with one attached hydrogen (secondary N) is 1. The van der Waals surface area contributed by atoms with Crippen LogP contribution < -0.4 is 5.32 Å². The third-order valence-corrected chi connectivity index (χ3v) is 20.8. The van der Waals surface area contributed by atoms with Gasteiger partial charge in [0.05, 0.1) is 32.0 Å². The second-order valence-corrected chi connectivity index (χ2v) is 30.3. The van der Waals surface area contributed by atoms with E-state index in [9.17, 15) is 45.6 Å². The highest BCUT2D eigenvalue weighted by Crippen LogP contribution is 2.30. The van der Waals surface area contributed by atoms with Gasteiger partial charge in [-0.3, -0.25) is 4.79 Å². The lowest BCUT2D eigenvalue weighted by Gasteiger charge is -2.46. The predicted molar refractivity (Wildman–Crippen MR) is 424 cm³/mol. The fraction of sp³-hybridized carbons (Fsp3) is 0.852. The fourth-order valence-corrected chi connectivity index (χ4v) is 14.0. The van der Waals surface area contributed by atoms with Gasteiger partial charge in [0.15, 0.2) is 12.6 Å². The molecule has 0 aromatic carbocycles. The number of rotatable bonds is 73. The Kier molecular flexibility index (Phi) is 66.8. The number of aliphatic hydroxyl groups excluding tert-OH is 8. The Hall–Kier alpha value is -2.57. The first-order chi connectivity index (χ1) is 50.1. The summed E-state index contributed by atoms with van der Waals surface area (Å²) in [5, 5.41) is 87.7. The predicted octanol–water partition coefficient (Wildman–Crippen LogP) is 20.5. The molecule has 2 aliphatic rings. The van der Waals surface area contributed by atoms with Gasteiger partial charge in [0.2, 0.25) is 5.91 Å². The van der Waals surface area contributed by atoms with E-state index in [1.165, 1.54) is 295 Å². The number of hydrogen-bond donors (Lipinski definition) is 9. The summed E-state index contributed by atoms with van der Waals surface area (Å²) < 4.78 is 22.9. The summed E-state index contributed by atoms with van der Waals surface area (Å²) in [7, 11) is 0. The molecular formula is C88H161NO13. The normalized spacial score (nSPS) is 22.0. The van der Waals surface area contributed by atoms with Crippen LogP contribution in [0.5, 0.6) is 0 Å². The fourth-order valence-electron chi connectivity index (χ4n) is 14.0. The Morgan fingerprint density at radius 2 is 0.657 bits per heavy atom. The molecule has 2 heterocycles. The number of carbonyl (C=O) groups excluding carboxylic acids is 1. The molecule has 0 bridgehead atoms. The lowest BCUT2D eigenvalue weighted by molar-refractivity contribution is -0.359. The zero-order chi connectivity index (χ0) is 73.7.